The predicted molar refractivity (Wildman–Crippen MR) is 99.0 cm³/mol. The summed E-state index contributed by atoms with van der Waals surface area (Å²) in [7, 11) is 1.62. The van der Waals surface area contributed by atoms with Gasteiger partial charge in [-0.05, 0) is 17.7 Å². The zero-order chi connectivity index (χ0) is 19.2. The van der Waals surface area contributed by atoms with E-state index in [0.29, 0.717) is 45.7 Å². The minimum absolute atomic E-state index is 0.0413. The second-order valence-electron chi connectivity index (χ2n) is 6.81. The van der Waals surface area contributed by atoms with Gasteiger partial charge in [0, 0.05) is 45.7 Å². The summed E-state index contributed by atoms with van der Waals surface area (Å²) >= 11 is 0. The van der Waals surface area contributed by atoms with Gasteiger partial charge in [0.05, 0.1) is 19.6 Å². The summed E-state index contributed by atoms with van der Waals surface area (Å²) in [6, 6.07) is 7.21. The lowest BCUT2D eigenvalue weighted by Gasteiger charge is -2.35. The standard InChI is InChI=1S/C19H26N4O4/c1-27-15-4-2-3-14(11-15)13-23-10-7-21-19(26)16(23)12-18(25)22-8-5-17(24)20-6-9-22/h2-4,11,16H,5-10,12-13H2,1H3,(H,20,24)(H,21,26)/t16-/m1/s1. The number of benzene rings is 1. The van der Waals surface area contributed by atoms with Crippen LogP contribution in [0.3, 0.4) is 0 Å². The van der Waals surface area contributed by atoms with Crippen LogP contribution < -0.4 is 15.4 Å². The number of ether oxygens (including phenoxy) is 1. The molecule has 0 bridgehead atoms. The van der Waals surface area contributed by atoms with Gasteiger partial charge in [0.15, 0.2) is 0 Å². The minimum atomic E-state index is -0.510. The van der Waals surface area contributed by atoms with Crippen LogP contribution >= 0.6 is 0 Å². The molecule has 1 atom stereocenters. The molecular formula is C19H26N4O4. The van der Waals surface area contributed by atoms with Crippen molar-refractivity contribution < 1.29 is 19.1 Å². The molecule has 2 heterocycles. The van der Waals surface area contributed by atoms with E-state index in [4.69, 9.17) is 4.74 Å². The first-order chi connectivity index (χ1) is 13.1. The monoisotopic (exact) mass is 374 g/mol. The minimum Gasteiger partial charge on any atom is -0.497 e. The predicted octanol–water partition coefficient (Wildman–Crippen LogP) is -0.266. The summed E-state index contributed by atoms with van der Waals surface area (Å²) < 4.78 is 5.26. The van der Waals surface area contributed by atoms with Crippen LogP contribution in [0, 0.1) is 0 Å². The van der Waals surface area contributed by atoms with Crippen molar-refractivity contribution in [3.05, 3.63) is 29.8 Å². The van der Waals surface area contributed by atoms with Gasteiger partial charge < -0.3 is 20.3 Å². The molecule has 3 rings (SSSR count). The van der Waals surface area contributed by atoms with Crippen molar-refractivity contribution in [2.75, 3.05) is 39.8 Å². The molecule has 2 fully saturated rings. The summed E-state index contributed by atoms with van der Waals surface area (Å²) in [5.74, 6) is 0.509. The van der Waals surface area contributed by atoms with Gasteiger partial charge >= 0.3 is 0 Å². The van der Waals surface area contributed by atoms with Crippen LogP contribution in [0.25, 0.3) is 0 Å². The van der Waals surface area contributed by atoms with E-state index >= 15 is 0 Å². The first-order valence-corrected chi connectivity index (χ1v) is 9.26. The summed E-state index contributed by atoms with van der Waals surface area (Å²) in [6.07, 6.45) is 0.417. The summed E-state index contributed by atoms with van der Waals surface area (Å²) in [6.45, 7) is 3.15. The molecule has 2 aliphatic heterocycles. The highest BCUT2D eigenvalue weighted by Gasteiger charge is 2.33. The molecule has 27 heavy (non-hydrogen) atoms. The Bertz CT molecular complexity index is 709. The average molecular weight is 374 g/mol. The van der Waals surface area contributed by atoms with Gasteiger partial charge in [-0.15, -0.1) is 0 Å². The van der Waals surface area contributed by atoms with Crippen LogP contribution in [0.1, 0.15) is 18.4 Å². The van der Waals surface area contributed by atoms with Crippen molar-refractivity contribution in [2.24, 2.45) is 0 Å². The van der Waals surface area contributed by atoms with E-state index < -0.39 is 6.04 Å². The van der Waals surface area contributed by atoms with Crippen LogP contribution in [-0.2, 0) is 20.9 Å². The number of piperazine rings is 1. The highest BCUT2D eigenvalue weighted by Crippen LogP contribution is 2.18. The number of nitrogens with one attached hydrogen (secondary N) is 2. The van der Waals surface area contributed by atoms with Crippen molar-refractivity contribution in [3.63, 3.8) is 0 Å². The molecule has 2 N–H and O–H groups in total. The Balaban J connectivity index is 1.67. The molecule has 2 aliphatic rings. The number of amides is 3. The number of nitrogens with zero attached hydrogens (tertiary/aromatic N) is 2. The molecule has 0 radical (unpaired) electrons. The van der Waals surface area contributed by atoms with E-state index in [0.717, 1.165) is 11.3 Å². The van der Waals surface area contributed by atoms with Crippen LogP contribution in [0.4, 0.5) is 0 Å². The van der Waals surface area contributed by atoms with Gasteiger partial charge in [-0.2, -0.15) is 0 Å². The molecule has 8 heteroatoms. The Morgan fingerprint density at radius 3 is 2.81 bits per heavy atom. The molecule has 0 saturated carbocycles. The number of carbonyl (C=O) groups excluding carboxylic acids is 3. The Morgan fingerprint density at radius 1 is 1.19 bits per heavy atom. The summed E-state index contributed by atoms with van der Waals surface area (Å²) in [4.78, 5) is 40.3. The number of hydrogen-bond donors (Lipinski definition) is 2. The quantitative estimate of drug-likeness (QED) is 0.741. The van der Waals surface area contributed by atoms with Crippen LogP contribution in [0.5, 0.6) is 5.75 Å². The topological polar surface area (TPSA) is 91.0 Å². The number of hydrogen-bond acceptors (Lipinski definition) is 5. The lowest BCUT2D eigenvalue weighted by atomic mass is 10.1. The first kappa shape index (κ1) is 19.2. The SMILES string of the molecule is COc1cccc(CN2CCNC(=O)[C@H]2CC(=O)N2CCNC(=O)CC2)c1. The summed E-state index contributed by atoms with van der Waals surface area (Å²) in [5, 5.41) is 5.62. The Hall–Kier alpha value is -2.61. The van der Waals surface area contributed by atoms with Crippen LogP contribution in [0.15, 0.2) is 24.3 Å². The molecular weight excluding hydrogens is 348 g/mol. The van der Waals surface area contributed by atoms with E-state index in [1.165, 1.54) is 0 Å². The van der Waals surface area contributed by atoms with Crippen molar-refractivity contribution in [1.82, 2.24) is 20.4 Å². The second-order valence-corrected chi connectivity index (χ2v) is 6.81. The molecule has 8 nitrogen and oxygen atoms in total. The van der Waals surface area contributed by atoms with Crippen molar-refractivity contribution in [2.45, 2.75) is 25.4 Å². The van der Waals surface area contributed by atoms with Gasteiger partial charge in [0.1, 0.15) is 5.75 Å². The zero-order valence-corrected chi connectivity index (χ0v) is 15.6. The molecule has 0 aliphatic carbocycles. The molecule has 0 unspecified atom stereocenters. The fraction of sp³-hybridized carbons (Fsp3) is 0.526. The maximum atomic E-state index is 12.7. The fourth-order valence-corrected chi connectivity index (χ4v) is 3.49. The van der Waals surface area contributed by atoms with Crippen LogP contribution in [-0.4, -0.2) is 73.4 Å². The van der Waals surface area contributed by atoms with E-state index in [1.54, 1.807) is 12.0 Å². The highest BCUT2D eigenvalue weighted by molar-refractivity contribution is 5.89. The molecule has 1 aromatic rings. The maximum absolute atomic E-state index is 12.7. The van der Waals surface area contributed by atoms with E-state index in [-0.39, 0.29) is 24.1 Å². The van der Waals surface area contributed by atoms with E-state index in [2.05, 4.69) is 10.6 Å². The Morgan fingerprint density at radius 2 is 2.00 bits per heavy atom. The molecule has 2 saturated heterocycles. The third-order valence-electron chi connectivity index (χ3n) is 4.99. The smallest absolute Gasteiger partial charge is 0.237 e. The fourth-order valence-electron chi connectivity index (χ4n) is 3.49. The second kappa shape index (κ2) is 8.85. The van der Waals surface area contributed by atoms with E-state index in [9.17, 15) is 14.4 Å². The van der Waals surface area contributed by atoms with Crippen molar-refractivity contribution in [1.29, 1.82) is 0 Å². The van der Waals surface area contributed by atoms with Gasteiger partial charge in [-0.25, -0.2) is 0 Å². The number of methoxy groups -OCH3 is 1. The molecule has 0 spiro atoms. The number of carbonyl (C=O) groups is 3. The van der Waals surface area contributed by atoms with Crippen molar-refractivity contribution >= 4 is 17.7 Å². The third-order valence-corrected chi connectivity index (χ3v) is 4.99. The van der Waals surface area contributed by atoms with Crippen LogP contribution in [0.2, 0.25) is 0 Å². The summed E-state index contributed by atoms with van der Waals surface area (Å²) in [5.41, 5.74) is 1.03. The zero-order valence-electron chi connectivity index (χ0n) is 15.6. The maximum Gasteiger partial charge on any atom is 0.237 e. The van der Waals surface area contributed by atoms with E-state index in [1.807, 2.05) is 29.2 Å². The van der Waals surface area contributed by atoms with Gasteiger partial charge in [0.2, 0.25) is 17.7 Å². The largest absolute Gasteiger partial charge is 0.497 e. The third kappa shape index (κ3) is 4.97. The highest BCUT2D eigenvalue weighted by atomic mass is 16.5. The molecule has 3 amide bonds. The van der Waals surface area contributed by atoms with Crippen molar-refractivity contribution in [3.8, 4) is 5.75 Å². The lowest BCUT2D eigenvalue weighted by Crippen LogP contribution is -2.56. The Kier molecular flexibility index (Phi) is 6.28. The lowest BCUT2D eigenvalue weighted by molar-refractivity contribution is -0.139. The Labute approximate surface area is 158 Å². The van der Waals surface area contributed by atoms with Gasteiger partial charge in [0.25, 0.3) is 0 Å². The normalized spacial score (nSPS) is 21.2. The van der Waals surface area contributed by atoms with Gasteiger partial charge in [-0.1, -0.05) is 12.1 Å². The molecule has 0 aromatic heterocycles. The first-order valence-electron chi connectivity index (χ1n) is 9.26. The van der Waals surface area contributed by atoms with Gasteiger partial charge in [-0.3, -0.25) is 19.3 Å². The number of rotatable bonds is 5. The molecule has 146 valence electrons. The molecule has 1 aromatic carbocycles. The average Bonchev–Trinajstić information content (AvgIpc) is 2.89.